The van der Waals surface area contributed by atoms with Gasteiger partial charge in [-0.15, -0.1) is 12.4 Å². The van der Waals surface area contributed by atoms with Crippen LogP contribution >= 0.6 is 12.4 Å². The van der Waals surface area contributed by atoms with E-state index in [0.717, 1.165) is 18.4 Å². The van der Waals surface area contributed by atoms with E-state index in [1.54, 1.807) is 6.07 Å². The van der Waals surface area contributed by atoms with Crippen LogP contribution in [-0.4, -0.2) is 0 Å². The van der Waals surface area contributed by atoms with Crippen molar-refractivity contribution in [1.29, 1.82) is 0 Å². The van der Waals surface area contributed by atoms with Crippen LogP contribution in [0.25, 0.3) is 0 Å². The first kappa shape index (κ1) is 12.5. The smallest absolute Gasteiger partial charge is 0.128 e. The monoisotopic (exact) mass is 229 g/mol. The lowest BCUT2D eigenvalue weighted by Gasteiger charge is -2.31. The zero-order chi connectivity index (χ0) is 10.1. The van der Waals surface area contributed by atoms with Crippen LogP contribution in [0.15, 0.2) is 18.2 Å². The van der Waals surface area contributed by atoms with Crippen molar-refractivity contribution in [3.63, 3.8) is 0 Å². The number of rotatable bonds is 2. The summed E-state index contributed by atoms with van der Waals surface area (Å²) in [6.07, 6.45) is 3.54. The first-order chi connectivity index (χ1) is 6.68. The molecule has 2 N–H and O–H groups in total. The number of aryl methyl sites for hydroxylation is 1. The highest BCUT2D eigenvalue weighted by Gasteiger charge is 2.27. The summed E-state index contributed by atoms with van der Waals surface area (Å²) in [4.78, 5) is 0. The summed E-state index contributed by atoms with van der Waals surface area (Å²) in [5, 5.41) is 0. The zero-order valence-electron chi connectivity index (χ0n) is 8.87. The molecule has 0 unspecified atom stereocenters. The summed E-state index contributed by atoms with van der Waals surface area (Å²) in [7, 11) is 0. The van der Waals surface area contributed by atoms with Gasteiger partial charge in [-0.2, -0.15) is 0 Å². The average Bonchev–Trinajstić information content (AvgIpc) is 2.00. The van der Waals surface area contributed by atoms with Crippen molar-refractivity contribution in [3.05, 3.63) is 35.1 Å². The number of halogens is 2. The lowest BCUT2D eigenvalue weighted by atomic mass is 9.77. The first-order valence-electron chi connectivity index (χ1n) is 5.20. The summed E-state index contributed by atoms with van der Waals surface area (Å²) >= 11 is 0. The highest BCUT2D eigenvalue weighted by molar-refractivity contribution is 5.85. The third-order valence-electron chi connectivity index (χ3n) is 3.17. The molecular formula is C12H17ClFN. The van der Waals surface area contributed by atoms with Gasteiger partial charge in [0.25, 0.3) is 0 Å². The Balaban J connectivity index is 0.00000112. The molecular weight excluding hydrogens is 213 g/mol. The maximum atomic E-state index is 13.5. The summed E-state index contributed by atoms with van der Waals surface area (Å²) in [6, 6.07) is 5.21. The van der Waals surface area contributed by atoms with E-state index in [-0.39, 0.29) is 24.3 Å². The van der Waals surface area contributed by atoms with Crippen molar-refractivity contribution < 1.29 is 4.39 Å². The molecule has 1 fully saturated rings. The normalized spacial score (nSPS) is 17.8. The van der Waals surface area contributed by atoms with Crippen molar-refractivity contribution in [2.24, 2.45) is 11.7 Å². The average molecular weight is 230 g/mol. The van der Waals surface area contributed by atoms with E-state index in [1.807, 2.05) is 19.1 Å². The Morgan fingerprint density at radius 2 is 2.07 bits per heavy atom. The molecule has 1 saturated carbocycles. The number of benzene rings is 1. The van der Waals surface area contributed by atoms with Gasteiger partial charge < -0.3 is 5.73 Å². The highest BCUT2D eigenvalue weighted by atomic mass is 35.5. The van der Waals surface area contributed by atoms with Crippen molar-refractivity contribution in [1.82, 2.24) is 0 Å². The van der Waals surface area contributed by atoms with E-state index < -0.39 is 0 Å². The van der Waals surface area contributed by atoms with Crippen LogP contribution in [0.5, 0.6) is 0 Å². The summed E-state index contributed by atoms with van der Waals surface area (Å²) in [5.74, 6) is 0.344. The Kier molecular flexibility index (Phi) is 4.12. The fourth-order valence-electron chi connectivity index (χ4n) is 1.96. The van der Waals surface area contributed by atoms with Gasteiger partial charge in [-0.05, 0) is 37.3 Å². The molecule has 0 heterocycles. The van der Waals surface area contributed by atoms with Crippen LogP contribution in [0.2, 0.25) is 0 Å². The van der Waals surface area contributed by atoms with Crippen LogP contribution in [0.4, 0.5) is 4.39 Å². The lowest BCUT2D eigenvalue weighted by Crippen LogP contribution is -2.27. The van der Waals surface area contributed by atoms with Crippen molar-refractivity contribution in [2.75, 3.05) is 0 Å². The maximum Gasteiger partial charge on any atom is 0.128 e. The van der Waals surface area contributed by atoms with Gasteiger partial charge in [-0.3, -0.25) is 0 Å². The van der Waals surface area contributed by atoms with Gasteiger partial charge in [0.2, 0.25) is 0 Å². The molecule has 84 valence electrons. The zero-order valence-corrected chi connectivity index (χ0v) is 9.69. The minimum atomic E-state index is -0.149. The summed E-state index contributed by atoms with van der Waals surface area (Å²) in [6.45, 7) is 1.89. The van der Waals surface area contributed by atoms with E-state index in [4.69, 9.17) is 5.73 Å². The molecule has 0 amide bonds. The fourth-order valence-corrected chi connectivity index (χ4v) is 1.96. The molecule has 1 aliphatic carbocycles. The lowest BCUT2D eigenvalue weighted by molar-refractivity contribution is 0.260. The molecule has 1 aromatic carbocycles. The largest absolute Gasteiger partial charge is 0.324 e. The Bertz CT molecular complexity index is 336. The maximum absolute atomic E-state index is 13.5. The predicted octanol–water partition coefficient (Wildman–Crippen LogP) is 3.36. The molecule has 1 aromatic rings. The molecule has 0 spiro atoms. The SMILES string of the molecule is Cc1ccc([C@@H](N)C2CCC2)c(F)c1.Cl. The molecule has 1 nitrogen and oxygen atoms in total. The van der Waals surface area contributed by atoms with Gasteiger partial charge >= 0.3 is 0 Å². The van der Waals surface area contributed by atoms with Crippen LogP contribution < -0.4 is 5.73 Å². The van der Waals surface area contributed by atoms with Crippen LogP contribution in [-0.2, 0) is 0 Å². The van der Waals surface area contributed by atoms with E-state index in [0.29, 0.717) is 11.5 Å². The van der Waals surface area contributed by atoms with Crippen LogP contribution in [0.3, 0.4) is 0 Å². The molecule has 0 radical (unpaired) electrons. The second-order valence-electron chi connectivity index (χ2n) is 4.24. The standard InChI is InChI=1S/C12H16FN.ClH/c1-8-5-6-10(11(13)7-8)12(14)9-3-2-4-9;/h5-7,9,12H,2-4,14H2,1H3;1H/t12-;/m0./s1. The number of nitrogens with two attached hydrogens (primary N) is 1. The van der Waals surface area contributed by atoms with Crippen molar-refractivity contribution in [3.8, 4) is 0 Å². The number of hydrogen-bond donors (Lipinski definition) is 1. The topological polar surface area (TPSA) is 26.0 Å². The van der Waals surface area contributed by atoms with E-state index in [2.05, 4.69) is 0 Å². The van der Waals surface area contributed by atoms with Crippen LogP contribution in [0.1, 0.15) is 36.4 Å². The molecule has 2 rings (SSSR count). The van der Waals surface area contributed by atoms with Gasteiger partial charge in [-0.25, -0.2) is 4.39 Å². The first-order valence-corrected chi connectivity index (χ1v) is 5.20. The summed E-state index contributed by atoms with van der Waals surface area (Å²) in [5.41, 5.74) is 7.64. The third kappa shape index (κ3) is 2.50. The van der Waals surface area contributed by atoms with Gasteiger partial charge in [0.05, 0.1) is 0 Å². The van der Waals surface area contributed by atoms with E-state index >= 15 is 0 Å². The van der Waals surface area contributed by atoms with Crippen molar-refractivity contribution >= 4 is 12.4 Å². The molecule has 1 aliphatic rings. The van der Waals surface area contributed by atoms with Gasteiger partial charge in [0.15, 0.2) is 0 Å². The third-order valence-corrected chi connectivity index (χ3v) is 3.17. The van der Waals surface area contributed by atoms with E-state index in [1.165, 1.54) is 6.42 Å². The van der Waals surface area contributed by atoms with Gasteiger partial charge in [0.1, 0.15) is 5.82 Å². The molecule has 0 aromatic heterocycles. The van der Waals surface area contributed by atoms with Gasteiger partial charge in [-0.1, -0.05) is 18.6 Å². The quantitative estimate of drug-likeness (QED) is 0.827. The molecule has 0 bridgehead atoms. The van der Waals surface area contributed by atoms with E-state index in [9.17, 15) is 4.39 Å². The Hall–Kier alpha value is -0.600. The molecule has 0 saturated heterocycles. The Morgan fingerprint density at radius 3 is 2.53 bits per heavy atom. The second-order valence-corrected chi connectivity index (χ2v) is 4.24. The molecule has 15 heavy (non-hydrogen) atoms. The second kappa shape index (κ2) is 4.95. The van der Waals surface area contributed by atoms with Crippen LogP contribution in [0, 0.1) is 18.7 Å². The van der Waals surface area contributed by atoms with Crippen molar-refractivity contribution in [2.45, 2.75) is 32.2 Å². The minimum Gasteiger partial charge on any atom is -0.324 e. The van der Waals surface area contributed by atoms with Gasteiger partial charge in [0, 0.05) is 11.6 Å². The predicted molar refractivity (Wildman–Crippen MR) is 62.7 cm³/mol. The Labute approximate surface area is 96.3 Å². The fraction of sp³-hybridized carbons (Fsp3) is 0.500. The highest BCUT2D eigenvalue weighted by Crippen LogP contribution is 2.36. The molecule has 1 atom stereocenters. The molecule has 0 aliphatic heterocycles. The summed E-state index contributed by atoms with van der Waals surface area (Å²) < 4.78 is 13.5. The molecule has 3 heteroatoms. The minimum absolute atomic E-state index is 0. The Morgan fingerprint density at radius 1 is 1.40 bits per heavy atom. The number of hydrogen-bond acceptors (Lipinski definition) is 1.